The molecule has 1 aliphatic heterocycles. The standard InChI is InChI=1S/C5H5OS/c6-5-1-3-7-4-2-5/h1,3-4H,2H2/q+1. The average Bonchev–Trinajstić information content (AvgIpc) is 1.69. The van der Waals surface area contributed by atoms with Crippen LogP contribution in [0.5, 0.6) is 0 Å². The number of hydrogen-bond acceptors (Lipinski definition) is 1. The molecule has 0 N–H and O–H groups in total. The van der Waals surface area contributed by atoms with E-state index in [9.17, 15) is 4.79 Å². The highest BCUT2D eigenvalue weighted by molar-refractivity contribution is 7.80. The van der Waals surface area contributed by atoms with Gasteiger partial charge >= 0.3 is 0 Å². The molecule has 0 aliphatic carbocycles. The van der Waals surface area contributed by atoms with E-state index in [2.05, 4.69) is 0 Å². The molecule has 2 heteroatoms. The first-order chi connectivity index (χ1) is 3.39. The monoisotopic (exact) mass is 113 g/mol. The van der Waals surface area contributed by atoms with Crippen molar-refractivity contribution in [1.29, 1.82) is 0 Å². The van der Waals surface area contributed by atoms with Crippen molar-refractivity contribution >= 4 is 22.5 Å². The smallest absolute Gasteiger partial charge is 0.207 e. The van der Waals surface area contributed by atoms with E-state index in [1.165, 1.54) is 0 Å². The summed E-state index contributed by atoms with van der Waals surface area (Å²) in [6.07, 6.45) is 2.20. The van der Waals surface area contributed by atoms with Crippen LogP contribution >= 0.6 is 0 Å². The Morgan fingerprint density at radius 1 is 1.71 bits per heavy atom. The first kappa shape index (κ1) is 4.65. The van der Waals surface area contributed by atoms with Gasteiger partial charge in [-0.15, -0.1) is 0 Å². The Morgan fingerprint density at radius 2 is 2.57 bits per heavy atom. The highest BCUT2D eigenvalue weighted by atomic mass is 32.1. The van der Waals surface area contributed by atoms with Crippen LogP contribution in [0.3, 0.4) is 0 Å². The van der Waals surface area contributed by atoms with Gasteiger partial charge in [-0.2, -0.15) is 0 Å². The Hall–Kier alpha value is -0.500. The van der Waals surface area contributed by atoms with Crippen LogP contribution in [0.25, 0.3) is 0 Å². The van der Waals surface area contributed by atoms with Gasteiger partial charge in [0.1, 0.15) is 0 Å². The van der Waals surface area contributed by atoms with Gasteiger partial charge in [0.2, 0.25) is 11.4 Å². The molecule has 0 aromatic rings. The lowest BCUT2D eigenvalue weighted by Gasteiger charge is -1.78. The fourth-order valence-corrected chi connectivity index (χ4v) is 0.971. The molecule has 36 valence electrons. The molecule has 0 aromatic heterocycles. The molecule has 0 atom stereocenters. The predicted octanol–water partition coefficient (Wildman–Crippen LogP) is 0.358. The van der Waals surface area contributed by atoms with E-state index in [-0.39, 0.29) is 5.78 Å². The molecule has 0 radical (unpaired) electrons. The summed E-state index contributed by atoms with van der Waals surface area (Å²) in [5.41, 5.74) is 0. The van der Waals surface area contributed by atoms with Gasteiger partial charge in [-0.25, -0.2) is 0 Å². The summed E-state index contributed by atoms with van der Waals surface area (Å²) in [6, 6.07) is 0. The summed E-state index contributed by atoms with van der Waals surface area (Å²) in [7, 11) is 0. The maximum atomic E-state index is 10.3. The Morgan fingerprint density at radius 3 is 2.86 bits per heavy atom. The minimum Gasteiger partial charge on any atom is -0.294 e. The van der Waals surface area contributed by atoms with Crippen LogP contribution in [-0.2, 0) is 16.1 Å². The fourth-order valence-electron chi connectivity index (χ4n) is 0.369. The van der Waals surface area contributed by atoms with Crippen LogP contribution < -0.4 is 0 Å². The number of carbonyl (C=O) groups is 1. The van der Waals surface area contributed by atoms with E-state index in [0.29, 0.717) is 6.42 Å². The highest BCUT2D eigenvalue weighted by Crippen LogP contribution is 1.86. The second-order valence-corrected chi connectivity index (χ2v) is 2.15. The van der Waals surface area contributed by atoms with Gasteiger partial charge in [-0.3, -0.25) is 4.79 Å². The minimum atomic E-state index is 0.207. The summed E-state index contributed by atoms with van der Waals surface area (Å²) in [6.45, 7) is 0. The topological polar surface area (TPSA) is 17.1 Å². The quantitative estimate of drug-likeness (QED) is 0.327. The Kier molecular flexibility index (Phi) is 1.32. The molecular formula is C5H5OS+. The lowest BCUT2D eigenvalue weighted by Crippen LogP contribution is -1.96. The van der Waals surface area contributed by atoms with Crippen molar-refractivity contribution in [2.45, 2.75) is 6.42 Å². The van der Waals surface area contributed by atoms with Crippen LogP contribution in [0, 0.1) is 0 Å². The summed E-state index contributed by atoms with van der Waals surface area (Å²) in [5.74, 6) is 0.207. The van der Waals surface area contributed by atoms with Gasteiger partial charge in [0.15, 0.2) is 16.6 Å². The normalized spacial score (nSPS) is 18.0. The van der Waals surface area contributed by atoms with Crippen LogP contribution in [0.2, 0.25) is 0 Å². The lowest BCUT2D eigenvalue weighted by molar-refractivity contribution is -0.113. The second-order valence-electron chi connectivity index (χ2n) is 1.28. The van der Waals surface area contributed by atoms with Gasteiger partial charge in [-0.05, 0) is 0 Å². The molecule has 0 saturated heterocycles. The Balaban J connectivity index is 2.66. The Bertz CT molecular complexity index is 135. The summed E-state index contributed by atoms with van der Waals surface area (Å²) in [5, 5.41) is 3.69. The number of hydrogen-bond donors (Lipinski definition) is 0. The molecule has 1 nitrogen and oxygen atoms in total. The van der Waals surface area contributed by atoms with Gasteiger partial charge in [0, 0.05) is 6.08 Å². The molecule has 7 heavy (non-hydrogen) atoms. The molecule has 0 bridgehead atoms. The highest BCUT2D eigenvalue weighted by Gasteiger charge is 2.02. The maximum absolute atomic E-state index is 10.3. The Labute approximate surface area is 46.0 Å². The van der Waals surface area contributed by atoms with E-state index >= 15 is 0 Å². The molecule has 0 fully saturated rings. The van der Waals surface area contributed by atoms with Crippen molar-refractivity contribution in [1.82, 2.24) is 0 Å². The molecule has 0 spiro atoms. The number of rotatable bonds is 0. The van der Waals surface area contributed by atoms with Crippen molar-refractivity contribution in [3.05, 3.63) is 11.5 Å². The molecule has 0 saturated carbocycles. The van der Waals surface area contributed by atoms with Crippen LogP contribution in [0.1, 0.15) is 6.42 Å². The van der Waals surface area contributed by atoms with Crippen molar-refractivity contribution in [2.24, 2.45) is 0 Å². The zero-order chi connectivity index (χ0) is 5.11. The van der Waals surface area contributed by atoms with Gasteiger partial charge in [0.25, 0.3) is 0 Å². The van der Waals surface area contributed by atoms with E-state index in [0.717, 1.165) is 0 Å². The molecule has 1 heterocycles. The van der Waals surface area contributed by atoms with Gasteiger partial charge < -0.3 is 0 Å². The lowest BCUT2D eigenvalue weighted by atomic mass is 10.3. The van der Waals surface area contributed by atoms with E-state index < -0.39 is 0 Å². The SMILES string of the molecule is O=C1C=C[S+]=CC1. The minimum absolute atomic E-state index is 0.207. The van der Waals surface area contributed by atoms with Gasteiger partial charge in [-0.1, -0.05) is 0 Å². The van der Waals surface area contributed by atoms with Crippen molar-refractivity contribution in [3.8, 4) is 0 Å². The molecule has 0 amide bonds. The van der Waals surface area contributed by atoms with Crippen molar-refractivity contribution in [2.75, 3.05) is 0 Å². The third-order valence-corrected chi connectivity index (χ3v) is 1.37. The first-order valence-corrected chi connectivity index (χ1v) is 3.00. The summed E-state index contributed by atoms with van der Waals surface area (Å²) in [4.78, 5) is 10.3. The fraction of sp³-hybridized carbons (Fsp3) is 0.200. The third kappa shape index (κ3) is 1.20. The van der Waals surface area contributed by atoms with Gasteiger partial charge in [0.05, 0.1) is 6.42 Å². The molecule has 0 aromatic carbocycles. The largest absolute Gasteiger partial charge is 0.294 e. The molecule has 1 rings (SSSR count). The first-order valence-electron chi connectivity index (χ1n) is 2.06. The zero-order valence-corrected chi connectivity index (χ0v) is 4.57. The van der Waals surface area contributed by atoms with Crippen LogP contribution in [0.4, 0.5) is 0 Å². The third-order valence-electron chi connectivity index (χ3n) is 0.713. The predicted molar refractivity (Wildman–Crippen MR) is 32.2 cm³/mol. The van der Waals surface area contributed by atoms with E-state index in [1.54, 1.807) is 22.8 Å². The van der Waals surface area contributed by atoms with Crippen LogP contribution in [0.15, 0.2) is 11.5 Å². The van der Waals surface area contributed by atoms with E-state index in [1.807, 2.05) is 5.37 Å². The molecular weight excluding hydrogens is 108 g/mol. The summed E-state index contributed by atoms with van der Waals surface area (Å²) < 4.78 is 0. The second kappa shape index (κ2) is 1.98. The molecule has 1 aliphatic rings. The van der Waals surface area contributed by atoms with E-state index in [4.69, 9.17) is 0 Å². The zero-order valence-electron chi connectivity index (χ0n) is 3.76. The summed E-state index contributed by atoms with van der Waals surface area (Å²) >= 11 is 1.57. The number of ketones is 1. The van der Waals surface area contributed by atoms with Crippen LogP contribution in [-0.4, -0.2) is 11.2 Å². The number of carbonyl (C=O) groups excluding carboxylic acids is 1. The maximum Gasteiger partial charge on any atom is 0.207 e. The number of allylic oxidation sites excluding steroid dienone is 1. The van der Waals surface area contributed by atoms with Crippen molar-refractivity contribution in [3.63, 3.8) is 0 Å². The average molecular weight is 113 g/mol. The van der Waals surface area contributed by atoms with Crippen molar-refractivity contribution < 1.29 is 4.79 Å². The molecule has 0 unspecified atom stereocenters.